The Balaban J connectivity index is 2.34. The lowest BCUT2D eigenvalue weighted by Crippen LogP contribution is -2.43. The normalized spacial score (nSPS) is 21.3. The van der Waals surface area contributed by atoms with Gasteiger partial charge in [0.25, 0.3) is 0 Å². The molecule has 17 heavy (non-hydrogen) atoms. The highest BCUT2D eigenvalue weighted by Gasteiger charge is 2.40. The van der Waals surface area contributed by atoms with Crippen LogP contribution in [-0.2, 0) is 4.79 Å². The van der Waals surface area contributed by atoms with Crippen LogP contribution in [0.15, 0.2) is 30.3 Å². The minimum Gasteiger partial charge on any atom is -0.480 e. The molecule has 3 nitrogen and oxygen atoms in total. The Morgan fingerprint density at radius 3 is 2.47 bits per heavy atom. The molecule has 0 aliphatic carbocycles. The highest BCUT2D eigenvalue weighted by Crippen LogP contribution is 2.36. The first-order valence-electron chi connectivity index (χ1n) is 6.07. The van der Waals surface area contributed by atoms with Crippen molar-refractivity contribution in [3.63, 3.8) is 0 Å². The smallest absolute Gasteiger partial charge is 0.325 e. The van der Waals surface area contributed by atoms with Crippen LogP contribution in [0.1, 0.15) is 38.3 Å². The molecule has 0 spiro atoms. The highest BCUT2D eigenvalue weighted by atomic mass is 16.4. The third-order valence-electron chi connectivity index (χ3n) is 3.63. The van der Waals surface area contributed by atoms with Crippen LogP contribution in [-0.4, -0.2) is 28.1 Å². The van der Waals surface area contributed by atoms with E-state index in [9.17, 15) is 9.90 Å². The first-order valence-corrected chi connectivity index (χ1v) is 6.07. The largest absolute Gasteiger partial charge is 0.480 e. The van der Waals surface area contributed by atoms with Gasteiger partial charge in [0.05, 0.1) is 0 Å². The van der Waals surface area contributed by atoms with Gasteiger partial charge in [0.15, 0.2) is 0 Å². The molecule has 0 aromatic heterocycles. The van der Waals surface area contributed by atoms with Gasteiger partial charge in [0.2, 0.25) is 0 Å². The third kappa shape index (κ3) is 2.34. The van der Waals surface area contributed by atoms with Gasteiger partial charge in [-0.15, -0.1) is 0 Å². The summed E-state index contributed by atoms with van der Waals surface area (Å²) in [6.07, 6.45) is 2.13. The number of hydrogen-bond acceptors (Lipinski definition) is 2. The van der Waals surface area contributed by atoms with E-state index in [1.807, 2.05) is 30.3 Å². The van der Waals surface area contributed by atoms with Crippen molar-refractivity contribution in [3.05, 3.63) is 35.9 Å². The van der Waals surface area contributed by atoms with Crippen molar-refractivity contribution in [1.82, 2.24) is 4.90 Å². The zero-order chi connectivity index (χ0) is 12.5. The Morgan fingerprint density at radius 2 is 2.00 bits per heavy atom. The van der Waals surface area contributed by atoms with Crippen LogP contribution in [0, 0.1) is 0 Å². The minimum atomic E-state index is -0.758. The number of likely N-dealkylation sites (tertiary alicyclic amines) is 1. The zero-order valence-electron chi connectivity index (χ0n) is 10.4. The Labute approximate surface area is 102 Å². The van der Waals surface area contributed by atoms with E-state index in [2.05, 4.69) is 18.7 Å². The molecule has 1 aromatic carbocycles. The molecule has 0 amide bonds. The summed E-state index contributed by atoms with van der Waals surface area (Å²) in [6, 6.07) is 8.98. The molecule has 1 fully saturated rings. The fourth-order valence-corrected chi connectivity index (χ4v) is 2.70. The first kappa shape index (κ1) is 12.1. The van der Waals surface area contributed by atoms with Crippen LogP contribution < -0.4 is 0 Å². The molecule has 0 bridgehead atoms. The van der Waals surface area contributed by atoms with Crippen LogP contribution in [0.25, 0.3) is 0 Å². The summed E-state index contributed by atoms with van der Waals surface area (Å²) in [4.78, 5) is 13.6. The number of nitrogens with zero attached hydrogens (tertiary/aromatic N) is 1. The number of aliphatic carboxylic acids is 1. The Bertz CT molecular complexity index is 400. The molecule has 92 valence electrons. The van der Waals surface area contributed by atoms with Crippen molar-refractivity contribution in [1.29, 1.82) is 0 Å². The van der Waals surface area contributed by atoms with E-state index in [0.29, 0.717) is 0 Å². The lowest BCUT2D eigenvalue weighted by Gasteiger charge is -2.36. The quantitative estimate of drug-likeness (QED) is 0.872. The van der Waals surface area contributed by atoms with Crippen LogP contribution in [0.2, 0.25) is 0 Å². The zero-order valence-corrected chi connectivity index (χ0v) is 10.4. The van der Waals surface area contributed by atoms with Gasteiger partial charge in [-0.25, -0.2) is 0 Å². The van der Waals surface area contributed by atoms with E-state index in [4.69, 9.17) is 0 Å². The highest BCUT2D eigenvalue weighted by molar-refractivity contribution is 5.75. The van der Waals surface area contributed by atoms with Crippen LogP contribution in [0.3, 0.4) is 0 Å². The van der Waals surface area contributed by atoms with Gasteiger partial charge in [0.1, 0.15) is 6.04 Å². The van der Waals surface area contributed by atoms with E-state index in [1.54, 1.807) is 0 Å². The molecule has 1 atom stereocenters. The van der Waals surface area contributed by atoms with Crippen molar-refractivity contribution in [2.75, 3.05) is 6.54 Å². The van der Waals surface area contributed by atoms with Crippen molar-refractivity contribution >= 4 is 5.97 Å². The summed E-state index contributed by atoms with van der Waals surface area (Å²) in [6.45, 7) is 5.11. The Kier molecular flexibility index (Phi) is 3.20. The van der Waals surface area contributed by atoms with E-state index < -0.39 is 12.0 Å². The van der Waals surface area contributed by atoms with Gasteiger partial charge in [-0.1, -0.05) is 30.3 Å². The predicted molar refractivity (Wildman–Crippen MR) is 66.8 cm³/mol. The number of rotatable bonds is 3. The van der Waals surface area contributed by atoms with Crippen molar-refractivity contribution in [2.24, 2.45) is 0 Å². The molecule has 1 N–H and O–H groups in total. The molecule has 1 heterocycles. The molecule has 1 saturated heterocycles. The Morgan fingerprint density at radius 1 is 1.35 bits per heavy atom. The molecule has 1 aromatic rings. The lowest BCUT2D eigenvalue weighted by molar-refractivity contribution is -0.145. The molecule has 1 unspecified atom stereocenters. The van der Waals surface area contributed by atoms with Gasteiger partial charge in [-0.2, -0.15) is 0 Å². The van der Waals surface area contributed by atoms with Gasteiger partial charge in [-0.3, -0.25) is 9.69 Å². The topological polar surface area (TPSA) is 40.5 Å². The molecule has 0 radical (unpaired) electrons. The predicted octanol–water partition coefficient (Wildman–Crippen LogP) is 2.69. The summed E-state index contributed by atoms with van der Waals surface area (Å²) >= 11 is 0. The van der Waals surface area contributed by atoms with E-state index in [0.717, 1.165) is 24.9 Å². The first-order chi connectivity index (χ1) is 8.02. The average molecular weight is 233 g/mol. The van der Waals surface area contributed by atoms with Crippen LogP contribution in [0.5, 0.6) is 0 Å². The summed E-state index contributed by atoms with van der Waals surface area (Å²) < 4.78 is 0. The summed E-state index contributed by atoms with van der Waals surface area (Å²) in [5, 5.41) is 9.48. The molecule has 1 aliphatic heterocycles. The van der Waals surface area contributed by atoms with Gasteiger partial charge < -0.3 is 5.11 Å². The minimum absolute atomic E-state index is 0.0289. The molecule has 2 rings (SSSR count). The maximum Gasteiger partial charge on any atom is 0.325 e. The molecule has 0 saturated carbocycles. The van der Waals surface area contributed by atoms with Gasteiger partial charge in [-0.05, 0) is 38.8 Å². The lowest BCUT2D eigenvalue weighted by atomic mass is 9.97. The average Bonchev–Trinajstić information content (AvgIpc) is 2.60. The van der Waals surface area contributed by atoms with Crippen molar-refractivity contribution in [3.8, 4) is 0 Å². The maximum absolute atomic E-state index is 11.5. The summed E-state index contributed by atoms with van der Waals surface area (Å²) in [7, 11) is 0. The SMILES string of the molecule is CC1(C)CCCN1C(C(=O)O)c1ccccc1. The third-order valence-corrected chi connectivity index (χ3v) is 3.63. The Hall–Kier alpha value is -1.35. The standard InChI is InChI=1S/C14H19NO2/c1-14(2)9-6-10-15(14)12(13(16)17)11-7-4-3-5-8-11/h3-5,7-8,12H,6,9-10H2,1-2H3,(H,16,17). The second kappa shape index (κ2) is 4.49. The number of benzene rings is 1. The fraction of sp³-hybridized carbons (Fsp3) is 0.500. The molecule has 1 aliphatic rings. The van der Waals surface area contributed by atoms with Crippen LogP contribution in [0.4, 0.5) is 0 Å². The monoisotopic (exact) mass is 233 g/mol. The van der Waals surface area contributed by atoms with E-state index in [1.165, 1.54) is 0 Å². The summed E-state index contributed by atoms with van der Waals surface area (Å²) in [5.41, 5.74) is 0.841. The van der Waals surface area contributed by atoms with E-state index >= 15 is 0 Å². The number of hydrogen-bond donors (Lipinski definition) is 1. The fourth-order valence-electron chi connectivity index (χ4n) is 2.70. The summed E-state index contributed by atoms with van der Waals surface area (Å²) in [5.74, 6) is -0.758. The van der Waals surface area contributed by atoms with Gasteiger partial charge >= 0.3 is 5.97 Å². The maximum atomic E-state index is 11.5. The van der Waals surface area contributed by atoms with Crippen molar-refractivity contribution in [2.45, 2.75) is 38.3 Å². The van der Waals surface area contributed by atoms with Gasteiger partial charge in [0, 0.05) is 5.54 Å². The second-order valence-electron chi connectivity index (χ2n) is 5.26. The van der Waals surface area contributed by atoms with E-state index in [-0.39, 0.29) is 5.54 Å². The van der Waals surface area contributed by atoms with Crippen molar-refractivity contribution < 1.29 is 9.90 Å². The molecular formula is C14H19NO2. The number of carbonyl (C=O) groups is 1. The number of carboxylic acids is 1. The van der Waals surface area contributed by atoms with Crippen LogP contribution >= 0.6 is 0 Å². The molecular weight excluding hydrogens is 214 g/mol. The second-order valence-corrected chi connectivity index (χ2v) is 5.26. The molecule has 3 heteroatoms. The number of carboxylic acid groups (broad SMARTS) is 1.